The Bertz CT molecular complexity index is 1230. The van der Waals surface area contributed by atoms with E-state index in [4.69, 9.17) is 31.4 Å². The maximum Gasteiger partial charge on any atom is 0.490 e. The molecule has 1 atom stereocenters. The number of nitrogens with zero attached hydrogens (tertiary/aromatic N) is 2. The van der Waals surface area contributed by atoms with Gasteiger partial charge in [0.2, 0.25) is 0 Å². The number of alkyl halides is 6. The van der Waals surface area contributed by atoms with Crippen molar-refractivity contribution in [2.75, 3.05) is 25.0 Å². The maximum absolute atomic E-state index is 13.8. The Kier molecular flexibility index (Phi) is 15.4. The molecule has 0 radical (unpaired) electrons. The van der Waals surface area contributed by atoms with E-state index in [1.807, 2.05) is 6.92 Å². The first kappa shape index (κ1) is 37.6. The van der Waals surface area contributed by atoms with Crippen molar-refractivity contribution in [2.24, 2.45) is 0 Å². The number of rotatable bonds is 9. The predicted octanol–water partition coefficient (Wildman–Crippen LogP) is 4.34. The van der Waals surface area contributed by atoms with Gasteiger partial charge >= 0.3 is 24.3 Å². The zero-order chi connectivity index (χ0) is 32.8. The number of aromatic nitrogens is 2. The van der Waals surface area contributed by atoms with E-state index < -0.39 is 24.3 Å². The lowest BCUT2D eigenvalue weighted by molar-refractivity contribution is -0.193. The monoisotopic (exact) mass is 649 g/mol. The topological polar surface area (TPSA) is 146 Å². The Labute approximate surface area is 246 Å². The fourth-order valence-electron chi connectivity index (χ4n) is 3.60. The van der Waals surface area contributed by atoms with Gasteiger partial charge in [0.05, 0.1) is 0 Å². The van der Waals surface area contributed by atoms with Gasteiger partial charge in [-0.25, -0.2) is 19.0 Å². The molecule has 18 heteroatoms. The van der Waals surface area contributed by atoms with Gasteiger partial charge in [0, 0.05) is 54.7 Å². The zero-order valence-electron chi connectivity index (χ0n) is 22.8. The highest BCUT2D eigenvalue weighted by atomic mass is 35.5. The summed E-state index contributed by atoms with van der Waals surface area (Å²) in [6.45, 7) is 5.02. The van der Waals surface area contributed by atoms with Crippen molar-refractivity contribution >= 4 is 29.4 Å². The molecule has 5 N–H and O–H groups in total. The van der Waals surface area contributed by atoms with E-state index in [0.717, 1.165) is 25.2 Å². The average molecular weight is 650 g/mol. The molecule has 1 aromatic carbocycles. The summed E-state index contributed by atoms with van der Waals surface area (Å²) in [5, 5.41) is 24.6. The Morgan fingerprint density at radius 2 is 1.70 bits per heavy atom. The van der Waals surface area contributed by atoms with E-state index in [1.54, 1.807) is 16.8 Å². The molecule has 1 aromatic heterocycles. The summed E-state index contributed by atoms with van der Waals surface area (Å²) in [5.74, 6) is -5.43. The van der Waals surface area contributed by atoms with Crippen molar-refractivity contribution < 1.29 is 50.5 Å². The van der Waals surface area contributed by atoms with Gasteiger partial charge in [0.15, 0.2) is 5.82 Å². The van der Waals surface area contributed by atoms with Crippen molar-refractivity contribution in [3.8, 4) is 0 Å². The molecule has 1 aliphatic heterocycles. The van der Waals surface area contributed by atoms with Gasteiger partial charge in [-0.05, 0) is 50.9 Å². The van der Waals surface area contributed by atoms with Gasteiger partial charge in [-0.1, -0.05) is 18.0 Å². The summed E-state index contributed by atoms with van der Waals surface area (Å²) >= 11 is 5.92. The third-order valence-electron chi connectivity index (χ3n) is 5.77. The van der Waals surface area contributed by atoms with Crippen LogP contribution in [0.1, 0.15) is 36.9 Å². The highest BCUT2D eigenvalue weighted by Gasteiger charge is 2.38. The SMILES string of the molecule is Cc1cnc(NCCC2CCCCN2)c(=O)n1CCNCc1cc(Cl)ccc1F.O=C(O)C(F)(F)F.O=C(O)C(F)(F)F. The van der Waals surface area contributed by atoms with E-state index in [1.165, 1.54) is 31.4 Å². The minimum Gasteiger partial charge on any atom is -0.475 e. The lowest BCUT2D eigenvalue weighted by Gasteiger charge is -2.23. The smallest absolute Gasteiger partial charge is 0.475 e. The molecule has 2 aromatic rings. The number of hydrogen-bond donors (Lipinski definition) is 5. The molecule has 0 spiro atoms. The summed E-state index contributed by atoms with van der Waals surface area (Å²) in [7, 11) is 0. The number of carbonyl (C=O) groups is 2. The molecule has 3 rings (SSSR count). The normalized spacial score (nSPS) is 15.0. The van der Waals surface area contributed by atoms with E-state index in [9.17, 15) is 35.5 Å². The lowest BCUT2D eigenvalue weighted by atomic mass is 10.0. The molecule has 1 unspecified atom stereocenters. The van der Waals surface area contributed by atoms with Crippen LogP contribution in [-0.4, -0.2) is 69.7 Å². The van der Waals surface area contributed by atoms with Crippen molar-refractivity contribution in [2.45, 2.75) is 64.1 Å². The molecule has 2 heterocycles. The summed E-state index contributed by atoms with van der Waals surface area (Å²) in [5.41, 5.74) is 1.18. The molecule has 10 nitrogen and oxygen atoms in total. The highest BCUT2D eigenvalue weighted by molar-refractivity contribution is 6.30. The van der Waals surface area contributed by atoms with Gasteiger partial charge in [0.25, 0.3) is 5.56 Å². The molecule has 0 amide bonds. The first-order chi connectivity index (χ1) is 19.9. The van der Waals surface area contributed by atoms with Crippen LogP contribution in [0, 0.1) is 12.7 Å². The fourth-order valence-corrected chi connectivity index (χ4v) is 3.79. The van der Waals surface area contributed by atoms with Gasteiger partial charge < -0.3 is 30.7 Å². The maximum atomic E-state index is 13.8. The van der Waals surface area contributed by atoms with Crippen molar-refractivity contribution in [1.82, 2.24) is 20.2 Å². The second kappa shape index (κ2) is 17.6. The Morgan fingerprint density at radius 1 is 1.09 bits per heavy atom. The van der Waals surface area contributed by atoms with E-state index in [0.29, 0.717) is 42.1 Å². The van der Waals surface area contributed by atoms with E-state index in [2.05, 4.69) is 20.9 Å². The second-order valence-electron chi connectivity index (χ2n) is 9.09. The van der Waals surface area contributed by atoms with Crippen LogP contribution in [0.3, 0.4) is 0 Å². The fraction of sp³-hybridized carbons (Fsp3) is 0.520. The minimum atomic E-state index is -5.08. The zero-order valence-corrected chi connectivity index (χ0v) is 23.5. The number of hydrogen-bond acceptors (Lipinski definition) is 7. The molecule has 1 saturated heterocycles. The first-order valence-electron chi connectivity index (χ1n) is 12.7. The lowest BCUT2D eigenvalue weighted by Crippen LogP contribution is -2.36. The van der Waals surface area contributed by atoms with Crippen molar-refractivity contribution in [1.29, 1.82) is 0 Å². The molecular weight excluding hydrogens is 619 g/mol. The highest BCUT2D eigenvalue weighted by Crippen LogP contribution is 2.15. The van der Waals surface area contributed by atoms with Crippen molar-refractivity contribution in [3.05, 3.63) is 56.8 Å². The number of piperidine rings is 1. The molecular formula is C25H31ClF7N5O5. The number of carboxylic acid groups (broad SMARTS) is 2. The van der Waals surface area contributed by atoms with Crippen LogP contribution in [0.25, 0.3) is 0 Å². The van der Waals surface area contributed by atoms with Crippen LogP contribution in [0.4, 0.5) is 36.6 Å². The predicted molar refractivity (Wildman–Crippen MR) is 142 cm³/mol. The van der Waals surface area contributed by atoms with E-state index >= 15 is 0 Å². The standard InChI is InChI=1S/C21H29ClFN5O.2C2HF3O2/c1-15-13-27-20(26-9-7-18-4-2-3-8-25-18)21(29)28(15)11-10-24-14-16-12-17(22)5-6-19(16)23;2*3-2(4,5)1(6)7/h5-6,12-13,18,24-25H,2-4,7-11,14H2,1H3,(H,26,27);2*(H,6,7). The quantitative estimate of drug-likeness (QED) is 0.198. The van der Waals surface area contributed by atoms with Crippen LogP contribution < -0.4 is 21.5 Å². The third kappa shape index (κ3) is 14.5. The van der Waals surface area contributed by atoms with Gasteiger partial charge in [-0.2, -0.15) is 26.3 Å². The van der Waals surface area contributed by atoms with Crippen LogP contribution >= 0.6 is 11.6 Å². The minimum absolute atomic E-state index is 0.127. The Balaban J connectivity index is 0.000000548. The average Bonchev–Trinajstić information content (AvgIpc) is 2.91. The number of anilines is 1. The molecule has 0 saturated carbocycles. The first-order valence-corrected chi connectivity index (χ1v) is 13.1. The molecule has 1 aliphatic rings. The molecule has 242 valence electrons. The Hall–Kier alpha value is -3.44. The number of carboxylic acids is 2. The molecule has 0 aliphatic carbocycles. The Morgan fingerprint density at radius 3 is 2.23 bits per heavy atom. The van der Waals surface area contributed by atoms with Crippen LogP contribution in [0.15, 0.2) is 29.2 Å². The summed E-state index contributed by atoms with van der Waals surface area (Å²) in [6.07, 6.45) is -3.79. The number of benzene rings is 1. The van der Waals surface area contributed by atoms with Crippen LogP contribution in [0.2, 0.25) is 5.02 Å². The van der Waals surface area contributed by atoms with Gasteiger partial charge in [-0.3, -0.25) is 4.79 Å². The number of aryl methyl sites for hydroxylation is 1. The van der Waals surface area contributed by atoms with Crippen LogP contribution in [-0.2, 0) is 22.7 Å². The number of aliphatic carboxylic acids is 2. The van der Waals surface area contributed by atoms with Crippen LogP contribution in [0.5, 0.6) is 0 Å². The largest absolute Gasteiger partial charge is 0.490 e. The van der Waals surface area contributed by atoms with Crippen molar-refractivity contribution in [3.63, 3.8) is 0 Å². The summed E-state index contributed by atoms with van der Waals surface area (Å²) in [6, 6.07) is 5.01. The van der Waals surface area contributed by atoms with E-state index in [-0.39, 0.29) is 11.4 Å². The molecule has 0 bridgehead atoms. The summed E-state index contributed by atoms with van der Waals surface area (Å²) < 4.78 is 78.9. The third-order valence-corrected chi connectivity index (χ3v) is 6.01. The number of halogens is 8. The van der Waals surface area contributed by atoms with Gasteiger partial charge in [-0.15, -0.1) is 0 Å². The molecule has 1 fully saturated rings. The molecule has 43 heavy (non-hydrogen) atoms. The van der Waals surface area contributed by atoms with Gasteiger partial charge in [0.1, 0.15) is 5.82 Å². The summed E-state index contributed by atoms with van der Waals surface area (Å²) in [4.78, 5) is 34.8. The second-order valence-corrected chi connectivity index (χ2v) is 9.52. The number of nitrogens with one attached hydrogen (secondary N) is 3.